The number of hydrogen-bond acceptors (Lipinski definition) is 3. The molecule has 1 aliphatic rings. The number of carboxylic acids is 1. The van der Waals surface area contributed by atoms with Crippen molar-refractivity contribution in [1.82, 2.24) is 5.32 Å². The van der Waals surface area contributed by atoms with Gasteiger partial charge < -0.3 is 15.2 Å². The molecule has 23 heavy (non-hydrogen) atoms. The third-order valence-electron chi connectivity index (χ3n) is 3.81. The first kappa shape index (κ1) is 15.1. The van der Waals surface area contributed by atoms with Gasteiger partial charge in [-0.1, -0.05) is 12.1 Å². The summed E-state index contributed by atoms with van der Waals surface area (Å²) in [6.07, 6.45) is 2.04. The van der Waals surface area contributed by atoms with Crippen LogP contribution in [0.4, 0.5) is 0 Å². The molecular formula is C18H17NO4. The van der Waals surface area contributed by atoms with Crippen LogP contribution in [0.1, 0.15) is 33.6 Å². The van der Waals surface area contributed by atoms with E-state index in [1.54, 1.807) is 36.4 Å². The van der Waals surface area contributed by atoms with Gasteiger partial charge in [0.2, 0.25) is 0 Å². The number of rotatable bonds is 5. The van der Waals surface area contributed by atoms with Crippen LogP contribution in [-0.2, 0) is 0 Å². The van der Waals surface area contributed by atoms with Gasteiger partial charge in [-0.25, -0.2) is 4.79 Å². The third kappa shape index (κ3) is 3.34. The number of carbonyl (C=O) groups excluding carboxylic acids is 1. The maximum atomic E-state index is 12.2. The van der Waals surface area contributed by atoms with Crippen LogP contribution in [0.25, 0.3) is 11.1 Å². The van der Waals surface area contributed by atoms with E-state index in [9.17, 15) is 14.7 Å². The van der Waals surface area contributed by atoms with Gasteiger partial charge >= 0.3 is 5.97 Å². The summed E-state index contributed by atoms with van der Waals surface area (Å²) in [5.41, 5.74) is 1.92. The zero-order chi connectivity index (χ0) is 16.4. The van der Waals surface area contributed by atoms with Crippen LogP contribution >= 0.6 is 0 Å². The predicted octanol–water partition coefficient (Wildman–Crippen LogP) is 2.95. The summed E-state index contributed by atoms with van der Waals surface area (Å²) in [5.74, 6) is -0.680. The number of carbonyl (C=O) groups is 2. The van der Waals surface area contributed by atoms with Crippen LogP contribution in [0.3, 0.4) is 0 Å². The van der Waals surface area contributed by atoms with Crippen LogP contribution in [0.5, 0.6) is 5.75 Å². The Kier molecular flexibility index (Phi) is 4.02. The average Bonchev–Trinajstić information content (AvgIpc) is 3.38. The largest absolute Gasteiger partial charge is 0.497 e. The number of aromatic carboxylic acids is 1. The fourth-order valence-electron chi connectivity index (χ4n) is 2.40. The van der Waals surface area contributed by atoms with Crippen LogP contribution < -0.4 is 10.1 Å². The molecule has 0 aliphatic heterocycles. The van der Waals surface area contributed by atoms with Gasteiger partial charge in [0.1, 0.15) is 5.75 Å². The lowest BCUT2D eigenvalue weighted by Gasteiger charge is -2.10. The maximum Gasteiger partial charge on any atom is 0.336 e. The Bertz CT molecular complexity index is 765. The number of ether oxygens (including phenoxy) is 1. The van der Waals surface area contributed by atoms with Crippen molar-refractivity contribution in [2.45, 2.75) is 18.9 Å². The summed E-state index contributed by atoms with van der Waals surface area (Å²) in [4.78, 5) is 23.7. The Hall–Kier alpha value is -2.82. The molecule has 5 nitrogen and oxygen atoms in total. The molecule has 118 valence electrons. The van der Waals surface area contributed by atoms with Gasteiger partial charge in [0.25, 0.3) is 5.91 Å². The highest BCUT2D eigenvalue weighted by molar-refractivity contribution is 5.99. The van der Waals surface area contributed by atoms with E-state index in [0.717, 1.165) is 12.8 Å². The molecule has 0 atom stereocenters. The number of nitrogens with one attached hydrogen (secondary N) is 1. The number of amides is 1. The van der Waals surface area contributed by atoms with E-state index in [1.165, 1.54) is 13.2 Å². The van der Waals surface area contributed by atoms with Gasteiger partial charge in [-0.2, -0.15) is 0 Å². The summed E-state index contributed by atoms with van der Waals surface area (Å²) in [6.45, 7) is 0. The average molecular weight is 311 g/mol. The highest BCUT2D eigenvalue weighted by Crippen LogP contribution is 2.28. The lowest BCUT2D eigenvalue weighted by molar-refractivity contribution is 0.0697. The second-order valence-corrected chi connectivity index (χ2v) is 5.55. The minimum Gasteiger partial charge on any atom is -0.497 e. The lowest BCUT2D eigenvalue weighted by atomic mass is 9.97. The van der Waals surface area contributed by atoms with E-state index in [2.05, 4.69) is 5.32 Å². The highest BCUT2D eigenvalue weighted by atomic mass is 16.5. The quantitative estimate of drug-likeness (QED) is 0.890. The van der Waals surface area contributed by atoms with E-state index in [4.69, 9.17) is 4.74 Å². The second-order valence-electron chi connectivity index (χ2n) is 5.55. The Morgan fingerprint density at radius 3 is 2.61 bits per heavy atom. The predicted molar refractivity (Wildman–Crippen MR) is 85.9 cm³/mol. The van der Waals surface area contributed by atoms with E-state index in [1.807, 2.05) is 0 Å². The SMILES string of the molecule is COc1ccc(-c2cccc(C(=O)NC3CC3)c2)c(C(=O)O)c1. The molecule has 1 fully saturated rings. The Morgan fingerprint density at radius 2 is 1.96 bits per heavy atom. The topological polar surface area (TPSA) is 75.6 Å². The molecule has 5 heteroatoms. The molecule has 0 radical (unpaired) electrons. The van der Waals surface area contributed by atoms with Crippen molar-refractivity contribution in [3.05, 3.63) is 53.6 Å². The Morgan fingerprint density at radius 1 is 1.17 bits per heavy atom. The van der Waals surface area contributed by atoms with E-state index >= 15 is 0 Å². The van der Waals surface area contributed by atoms with Gasteiger partial charge in [-0.3, -0.25) is 4.79 Å². The molecule has 0 saturated heterocycles. The molecule has 0 unspecified atom stereocenters. The summed E-state index contributed by atoms with van der Waals surface area (Å²) >= 11 is 0. The summed E-state index contributed by atoms with van der Waals surface area (Å²) in [5, 5.41) is 12.3. The van der Waals surface area contributed by atoms with Gasteiger partial charge in [-0.05, 0) is 54.3 Å². The van der Waals surface area contributed by atoms with Crippen LogP contribution in [0, 0.1) is 0 Å². The summed E-state index contributed by atoms with van der Waals surface area (Å²) in [6, 6.07) is 12.2. The van der Waals surface area contributed by atoms with Crippen molar-refractivity contribution in [2.24, 2.45) is 0 Å². The third-order valence-corrected chi connectivity index (χ3v) is 3.81. The van der Waals surface area contributed by atoms with E-state index in [-0.39, 0.29) is 17.5 Å². The standard InChI is InChI=1S/C18H17NO4/c1-23-14-7-8-15(16(10-14)18(21)22)11-3-2-4-12(9-11)17(20)19-13-5-6-13/h2-4,7-10,13H,5-6H2,1H3,(H,19,20)(H,21,22). The lowest BCUT2D eigenvalue weighted by Crippen LogP contribution is -2.25. The molecule has 3 rings (SSSR count). The van der Waals surface area contributed by atoms with Crippen LogP contribution in [0.2, 0.25) is 0 Å². The van der Waals surface area contributed by atoms with Crippen molar-refractivity contribution >= 4 is 11.9 Å². The Labute approximate surface area is 133 Å². The normalized spacial score (nSPS) is 13.4. The molecule has 2 aromatic carbocycles. The zero-order valence-corrected chi connectivity index (χ0v) is 12.7. The first-order valence-electron chi connectivity index (χ1n) is 7.41. The first-order chi connectivity index (χ1) is 11.1. The molecule has 0 spiro atoms. The Balaban J connectivity index is 1.97. The first-order valence-corrected chi connectivity index (χ1v) is 7.41. The number of carboxylic acid groups (broad SMARTS) is 1. The van der Waals surface area contributed by atoms with Crippen molar-refractivity contribution < 1.29 is 19.4 Å². The van der Waals surface area contributed by atoms with Crippen molar-refractivity contribution in [3.63, 3.8) is 0 Å². The molecule has 2 aromatic rings. The minimum absolute atomic E-state index is 0.125. The molecule has 0 heterocycles. The number of hydrogen-bond donors (Lipinski definition) is 2. The van der Waals surface area contributed by atoms with Crippen molar-refractivity contribution in [1.29, 1.82) is 0 Å². The maximum absolute atomic E-state index is 12.2. The minimum atomic E-state index is -1.04. The van der Waals surface area contributed by atoms with E-state index in [0.29, 0.717) is 22.4 Å². The molecule has 1 amide bonds. The van der Waals surface area contributed by atoms with Gasteiger partial charge in [0, 0.05) is 11.6 Å². The monoisotopic (exact) mass is 311 g/mol. The molecular weight excluding hydrogens is 294 g/mol. The number of benzene rings is 2. The molecule has 2 N–H and O–H groups in total. The van der Waals surface area contributed by atoms with Gasteiger partial charge in [-0.15, -0.1) is 0 Å². The molecule has 1 saturated carbocycles. The second kappa shape index (κ2) is 6.12. The fourth-order valence-corrected chi connectivity index (χ4v) is 2.40. The smallest absolute Gasteiger partial charge is 0.336 e. The van der Waals surface area contributed by atoms with E-state index < -0.39 is 5.97 Å². The van der Waals surface area contributed by atoms with Gasteiger partial charge in [0.15, 0.2) is 0 Å². The van der Waals surface area contributed by atoms with Crippen LogP contribution in [0.15, 0.2) is 42.5 Å². The van der Waals surface area contributed by atoms with Crippen molar-refractivity contribution in [3.8, 4) is 16.9 Å². The number of methoxy groups -OCH3 is 1. The highest BCUT2D eigenvalue weighted by Gasteiger charge is 2.24. The fraction of sp³-hybridized carbons (Fsp3) is 0.222. The summed E-state index contributed by atoms with van der Waals surface area (Å²) < 4.78 is 5.08. The summed E-state index contributed by atoms with van der Waals surface area (Å²) in [7, 11) is 1.49. The van der Waals surface area contributed by atoms with Crippen LogP contribution in [-0.4, -0.2) is 30.1 Å². The van der Waals surface area contributed by atoms with Gasteiger partial charge in [0.05, 0.1) is 12.7 Å². The molecule has 0 aromatic heterocycles. The molecule has 0 bridgehead atoms. The zero-order valence-electron chi connectivity index (χ0n) is 12.7. The van der Waals surface area contributed by atoms with Crippen molar-refractivity contribution in [2.75, 3.05) is 7.11 Å². The molecule has 1 aliphatic carbocycles.